The van der Waals surface area contributed by atoms with E-state index in [0.29, 0.717) is 31.1 Å². The van der Waals surface area contributed by atoms with Gasteiger partial charge in [-0.1, -0.05) is 24.3 Å². The molecule has 1 aromatic carbocycles. The third kappa shape index (κ3) is 5.62. The van der Waals surface area contributed by atoms with Gasteiger partial charge in [0.15, 0.2) is 5.82 Å². The van der Waals surface area contributed by atoms with Gasteiger partial charge < -0.3 is 19.8 Å². The second kappa shape index (κ2) is 10.7. The zero-order valence-corrected chi connectivity index (χ0v) is 22.1. The van der Waals surface area contributed by atoms with E-state index >= 15 is 0 Å². The van der Waals surface area contributed by atoms with E-state index in [2.05, 4.69) is 20.1 Å². The van der Waals surface area contributed by atoms with Crippen molar-refractivity contribution in [3.8, 4) is 11.3 Å². The molecular formula is C28H32F2N6O3. The van der Waals surface area contributed by atoms with Gasteiger partial charge in [-0.3, -0.25) is 9.78 Å². The summed E-state index contributed by atoms with van der Waals surface area (Å²) < 4.78 is 27.2. The number of carbonyl (C=O) groups excluding carboxylic acids is 1. The van der Waals surface area contributed by atoms with E-state index in [1.807, 2.05) is 42.2 Å². The second-order valence-corrected chi connectivity index (χ2v) is 10.6. The second-order valence-electron chi connectivity index (χ2n) is 10.6. The molecule has 3 heterocycles. The number of alkyl halides is 2. The number of aromatic nitrogens is 3. The predicted molar refractivity (Wildman–Crippen MR) is 143 cm³/mol. The van der Waals surface area contributed by atoms with E-state index in [-0.39, 0.29) is 50.1 Å². The molecule has 0 radical (unpaired) electrons. The first-order valence-corrected chi connectivity index (χ1v) is 13.2. The molecule has 11 heteroatoms. The quantitative estimate of drug-likeness (QED) is 0.504. The largest absolute Gasteiger partial charge is 0.465 e. The Labute approximate surface area is 225 Å². The minimum Gasteiger partial charge on any atom is -0.465 e. The lowest BCUT2D eigenvalue weighted by Crippen LogP contribution is -2.56. The molecule has 206 valence electrons. The molecule has 2 amide bonds. The molecule has 2 aromatic heterocycles. The first kappa shape index (κ1) is 26.7. The molecule has 9 nitrogen and oxygen atoms in total. The number of halogens is 2. The summed E-state index contributed by atoms with van der Waals surface area (Å²) in [5.41, 5.74) is 2.42. The Morgan fingerprint density at radius 2 is 1.79 bits per heavy atom. The van der Waals surface area contributed by atoms with Gasteiger partial charge in [0.2, 0.25) is 11.8 Å². The molecule has 0 unspecified atom stereocenters. The lowest BCUT2D eigenvalue weighted by molar-refractivity contribution is -0.142. The van der Waals surface area contributed by atoms with Crippen LogP contribution in [0.25, 0.3) is 22.0 Å². The number of fused-ring (bicyclic) bond motifs is 1. The fraction of sp³-hybridized carbons (Fsp3) is 0.464. The van der Waals surface area contributed by atoms with Crippen LogP contribution in [0, 0.1) is 5.92 Å². The Kier molecular flexibility index (Phi) is 7.33. The normalized spacial score (nSPS) is 19.7. The number of anilines is 1. The number of benzene rings is 1. The summed E-state index contributed by atoms with van der Waals surface area (Å²) >= 11 is 0. The molecule has 5 rings (SSSR count). The fourth-order valence-corrected chi connectivity index (χ4v) is 5.54. The van der Waals surface area contributed by atoms with Crippen molar-refractivity contribution >= 4 is 28.6 Å². The Morgan fingerprint density at radius 1 is 1.08 bits per heavy atom. The van der Waals surface area contributed by atoms with Crippen molar-refractivity contribution in [1.82, 2.24) is 25.0 Å². The minimum atomic E-state index is -2.65. The highest BCUT2D eigenvalue weighted by Crippen LogP contribution is 2.38. The summed E-state index contributed by atoms with van der Waals surface area (Å²) in [5, 5.41) is 20.0. The Bertz CT molecular complexity index is 1360. The van der Waals surface area contributed by atoms with Crippen molar-refractivity contribution in [2.24, 2.45) is 5.92 Å². The van der Waals surface area contributed by atoms with Gasteiger partial charge in [0.1, 0.15) is 5.69 Å². The van der Waals surface area contributed by atoms with E-state index in [4.69, 9.17) is 5.11 Å². The Hall–Kier alpha value is -3.89. The third-order valence-corrected chi connectivity index (χ3v) is 7.81. The molecule has 1 aliphatic carbocycles. The number of rotatable bonds is 5. The zero-order chi connectivity index (χ0) is 27.7. The average Bonchev–Trinajstić information content (AvgIpc) is 2.92. The van der Waals surface area contributed by atoms with Gasteiger partial charge in [-0.25, -0.2) is 13.6 Å². The summed E-state index contributed by atoms with van der Waals surface area (Å²) in [7, 11) is 1.52. The highest BCUT2D eigenvalue weighted by Gasteiger charge is 2.40. The molecule has 39 heavy (non-hydrogen) atoms. The van der Waals surface area contributed by atoms with Crippen molar-refractivity contribution < 1.29 is 23.5 Å². The monoisotopic (exact) mass is 538 g/mol. The number of piperazine rings is 1. The highest BCUT2D eigenvalue weighted by molar-refractivity contribution is 5.99. The van der Waals surface area contributed by atoms with Crippen molar-refractivity contribution in [1.29, 1.82) is 0 Å². The molecular weight excluding hydrogens is 506 g/mol. The van der Waals surface area contributed by atoms with E-state index in [0.717, 1.165) is 21.9 Å². The molecule has 1 atom stereocenters. The standard InChI is InChI=1S/C28H32F2N6O3/c1-18-16-35(13-14-36(18)26(37)21-7-10-28(29,30)11-8-21)25-23-15-31-12-9-22(23)24(32-33-25)20-5-3-19(4-6-20)17-34(2)27(38)39/h3-6,9,12,15,18,21H,7-8,10-11,13-14,16-17H2,1-2H3,(H,38,39)/t18-/m0/s1. The number of hydrogen-bond donors (Lipinski definition) is 1. The van der Waals surface area contributed by atoms with E-state index < -0.39 is 12.0 Å². The zero-order valence-electron chi connectivity index (χ0n) is 22.1. The Morgan fingerprint density at radius 3 is 2.46 bits per heavy atom. The van der Waals surface area contributed by atoms with Crippen molar-refractivity contribution in [3.63, 3.8) is 0 Å². The lowest BCUT2D eigenvalue weighted by Gasteiger charge is -2.42. The maximum absolute atomic E-state index is 13.6. The van der Waals surface area contributed by atoms with E-state index in [1.165, 1.54) is 11.9 Å². The summed E-state index contributed by atoms with van der Waals surface area (Å²) in [6, 6.07) is 9.37. The fourth-order valence-electron chi connectivity index (χ4n) is 5.54. The molecule has 1 N–H and O–H groups in total. The van der Waals surface area contributed by atoms with Crippen molar-refractivity contribution in [3.05, 3.63) is 48.3 Å². The van der Waals surface area contributed by atoms with Crippen LogP contribution in [0.1, 0.15) is 38.2 Å². The van der Waals surface area contributed by atoms with Gasteiger partial charge in [0.25, 0.3) is 0 Å². The first-order chi connectivity index (χ1) is 18.6. The van der Waals surface area contributed by atoms with Crippen LogP contribution in [-0.4, -0.2) is 80.7 Å². The van der Waals surface area contributed by atoms with Gasteiger partial charge in [0.05, 0.1) is 0 Å². The smallest absolute Gasteiger partial charge is 0.407 e. The van der Waals surface area contributed by atoms with Crippen molar-refractivity contribution in [2.75, 3.05) is 31.6 Å². The van der Waals surface area contributed by atoms with Gasteiger partial charge in [-0.2, -0.15) is 0 Å². The average molecular weight is 539 g/mol. The third-order valence-electron chi connectivity index (χ3n) is 7.81. The number of pyridine rings is 1. The molecule has 0 spiro atoms. The number of hydrogen-bond acceptors (Lipinski definition) is 6. The molecule has 0 bridgehead atoms. The summed E-state index contributed by atoms with van der Waals surface area (Å²) in [6.07, 6.45) is 2.52. The minimum absolute atomic E-state index is 0.0244. The molecule has 3 aromatic rings. The molecule has 1 aliphatic heterocycles. The maximum Gasteiger partial charge on any atom is 0.407 e. The van der Waals surface area contributed by atoms with Crippen LogP contribution < -0.4 is 4.90 Å². The van der Waals surface area contributed by atoms with Crippen molar-refractivity contribution in [2.45, 2.75) is 51.1 Å². The van der Waals surface area contributed by atoms with Crippen LogP contribution in [-0.2, 0) is 11.3 Å². The topological polar surface area (TPSA) is 103 Å². The molecule has 1 saturated heterocycles. The molecule has 2 aliphatic rings. The lowest BCUT2D eigenvalue weighted by atomic mass is 9.85. The van der Waals surface area contributed by atoms with Crippen LogP contribution in [0.15, 0.2) is 42.7 Å². The number of carboxylic acid groups (broad SMARTS) is 1. The van der Waals surface area contributed by atoms with E-state index in [1.54, 1.807) is 12.4 Å². The summed E-state index contributed by atoms with van der Waals surface area (Å²) in [4.78, 5) is 33.7. The van der Waals surface area contributed by atoms with Gasteiger partial charge in [-0.05, 0) is 31.4 Å². The molecule has 2 fully saturated rings. The predicted octanol–water partition coefficient (Wildman–Crippen LogP) is 4.66. The van der Waals surface area contributed by atoms with Crippen LogP contribution in [0.5, 0.6) is 0 Å². The van der Waals surface area contributed by atoms with Gasteiger partial charge in [0, 0.05) is 86.8 Å². The Balaban J connectivity index is 1.33. The number of carbonyl (C=O) groups is 2. The first-order valence-electron chi connectivity index (χ1n) is 13.2. The number of amides is 2. The van der Waals surface area contributed by atoms with Crippen LogP contribution >= 0.6 is 0 Å². The van der Waals surface area contributed by atoms with E-state index in [9.17, 15) is 18.4 Å². The summed E-state index contributed by atoms with van der Waals surface area (Å²) in [6.45, 7) is 3.86. The number of nitrogens with zero attached hydrogens (tertiary/aromatic N) is 6. The van der Waals surface area contributed by atoms with Crippen LogP contribution in [0.2, 0.25) is 0 Å². The van der Waals surface area contributed by atoms with Gasteiger partial charge >= 0.3 is 6.09 Å². The maximum atomic E-state index is 13.6. The van der Waals surface area contributed by atoms with Crippen LogP contribution in [0.4, 0.5) is 19.4 Å². The SMILES string of the molecule is C[C@H]1CN(c2nnc(-c3ccc(CN(C)C(=O)O)cc3)c3ccncc23)CCN1C(=O)C1CCC(F)(F)CC1. The highest BCUT2D eigenvalue weighted by atomic mass is 19.3. The van der Waals surface area contributed by atoms with Gasteiger partial charge in [-0.15, -0.1) is 10.2 Å². The molecule has 1 saturated carbocycles. The van der Waals surface area contributed by atoms with Crippen LogP contribution in [0.3, 0.4) is 0 Å². The summed E-state index contributed by atoms with van der Waals surface area (Å²) in [5.74, 6) is -2.32.